The molecule has 0 heterocycles. The van der Waals surface area contributed by atoms with Crippen LogP contribution in [-0.4, -0.2) is 35.0 Å². The molecule has 4 nitrogen and oxygen atoms in total. The third kappa shape index (κ3) is 2.85. The normalized spacial score (nSPS) is 24.4. The zero-order valence-corrected chi connectivity index (χ0v) is 13.3. The van der Waals surface area contributed by atoms with Crippen molar-refractivity contribution in [2.75, 3.05) is 6.61 Å². The number of ether oxygens (including phenoxy) is 1. The van der Waals surface area contributed by atoms with Crippen molar-refractivity contribution in [2.24, 2.45) is 0 Å². The fourth-order valence-corrected chi connectivity index (χ4v) is 2.91. The Morgan fingerprint density at radius 3 is 2.36 bits per heavy atom. The van der Waals surface area contributed by atoms with Gasteiger partial charge in [0.15, 0.2) is 23.3 Å². The van der Waals surface area contributed by atoms with Crippen LogP contribution >= 0.6 is 0 Å². The van der Waals surface area contributed by atoms with Crippen molar-refractivity contribution < 1.29 is 19.4 Å². The fourth-order valence-electron chi connectivity index (χ4n) is 2.91. The van der Waals surface area contributed by atoms with Crippen LogP contribution in [0.1, 0.15) is 66.7 Å². The molecule has 0 spiro atoms. The van der Waals surface area contributed by atoms with Crippen molar-refractivity contribution in [1.29, 1.82) is 0 Å². The highest BCUT2D eigenvalue weighted by Gasteiger charge is 2.53. The molecule has 22 heavy (non-hydrogen) atoms. The summed E-state index contributed by atoms with van der Waals surface area (Å²) >= 11 is 0. The molecule has 0 radical (unpaired) electrons. The summed E-state index contributed by atoms with van der Waals surface area (Å²) in [7, 11) is 0. The monoisotopic (exact) mass is 304 g/mol. The molecule has 0 fully saturated rings. The molecular weight excluding hydrogens is 280 g/mol. The van der Waals surface area contributed by atoms with Crippen molar-refractivity contribution in [3.63, 3.8) is 0 Å². The molecule has 1 N–H and O–H groups in total. The van der Waals surface area contributed by atoms with Gasteiger partial charge in [0.25, 0.3) is 0 Å². The minimum absolute atomic E-state index is 0.264. The van der Waals surface area contributed by atoms with Gasteiger partial charge in [0.1, 0.15) is 0 Å². The summed E-state index contributed by atoms with van der Waals surface area (Å²) < 4.78 is 5.84. The van der Waals surface area contributed by atoms with Gasteiger partial charge in [-0.1, -0.05) is 57.4 Å². The summed E-state index contributed by atoms with van der Waals surface area (Å²) in [5, 5.41) is 10.5. The summed E-state index contributed by atoms with van der Waals surface area (Å²) in [6.45, 7) is 4.41. The quantitative estimate of drug-likeness (QED) is 0.786. The first-order valence-corrected chi connectivity index (χ1v) is 8.08. The molecule has 2 atom stereocenters. The Kier molecular flexibility index (Phi) is 5.48. The van der Waals surface area contributed by atoms with E-state index in [0.29, 0.717) is 24.2 Å². The molecule has 1 aliphatic rings. The molecule has 1 aliphatic carbocycles. The number of rotatable bonds is 7. The van der Waals surface area contributed by atoms with Gasteiger partial charge >= 0.3 is 0 Å². The lowest BCUT2D eigenvalue weighted by atomic mass is 9.73. The summed E-state index contributed by atoms with van der Waals surface area (Å²) in [5.41, 5.74) is -0.756. The number of carbonyl (C=O) groups excluding carboxylic acids is 2. The van der Waals surface area contributed by atoms with E-state index in [-0.39, 0.29) is 5.78 Å². The second kappa shape index (κ2) is 7.16. The molecule has 0 aliphatic heterocycles. The topological polar surface area (TPSA) is 63.6 Å². The maximum absolute atomic E-state index is 13.0. The van der Waals surface area contributed by atoms with Gasteiger partial charge in [-0.2, -0.15) is 0 Å². The standard InChI is InChI=1S/C18H24O4/c1-3-5-11-18(22-12-6-4-2)16(20)14-10-8-7-9-13(14)15(19)17(18)21/h7-10,17,21H,3-6,11-12H2,1-2H3. The smallest absolute Gasteiger partial charge is 0.198 e. The molecule has 2 unspecified atom stereocenters. The number of benzene rings is 1. The number of ketones is 2. The van der Waals surface area contributed by atoms with Crippen LogP contribution in [0.3, 0.4) is 0 Å². The van der Waals surface area contributed by atoms with E-state index >= 15 is 0 Å². The third-order valence-electron chi connectivity index (χ3n) is 4.27. The zero-order valence-electron chi connectivity index (χ0n) is 13.3. The van der Waals surface area contributed by atoms with E-state index in [9.17, 15) is 14.7 Å². The van der Waals surface area contributed by atoms with Crippen molar-refractivity contribution in [3.05, 3.63) is 35.4 Å². The highest BCUT2D eigenvalue weighted by atomic mass is 16.5. The van der Waals surface area contributed by atoms with Gasteiger partial charge < -0.3 is 9.84 Å². The molecule has 120 valence electrons. The van der Waals surface area contributed by atoms with Crippen LogP contribution in [0.5, 0.6) is 0 Å². The van der Waals surface area contributed by atoms with Crippen LogP contribution < -0.4 is 0 Å². The number of carbonyl (C=O) groups is 2. The maximum atomic E-state index is 13.0. The van der Waals surface area contributed by atoms with Crippen LogP contribution in [0.4, 0.5) is 0 Å². The number of unbranched alkanes of at least 4 members (excludes halogenated alkanes) is 2. The molecule has 0 bridgehead atoms. The number of hydrogen-bond donors (Lipinski definition) is 1. The average Bonchev–Trinajstić information content (AvgIpc) is 2.55. The lowest BCUT2D eigenvalue weighted by Gasteiger charge is -2.39. The summed E-state index contributed by atoms with van der Waals surface area (Å²) in [6.07, 6.45) is 2.27. The van der Waals surface area contributed by atoms with Crippen LogP contribution in [0, 0.1) is 0 Å². The van der Waals surface area contributed by atoms with Gasteiger partial charge in [-0.3, -0.25) is 9.59 Å². The zero-order chi connectivity index (χ0) is 16.2. The van der Waals surface area contributed by atoms with Crippen molar-refractivity contribution >= 4 is 11.6 Å². The van der Waals surface area contributed by atoms with Gasteiger partial charge in [-0.05, 0) is 12.8 Å². The molecule has 0 saturated heterocycles. The largest absolute Gasteiger partial charge is 0.381 e. The van der Waals surface area contributed by atoms with Crippen LogP contribution in [0.15, 0.2) is 24.3 Å². The maximum Gasteiger partial charge on any atom is 0.198 e. The first-order valence-electron chi connectivity index (χ1n) is 8.08. The average molecular weight is 304 g/mol. The predicted octanol–water partition coefficient (Wildman–Crippen LogP) is 3.17. The van der Waals surface area contributed by atoms with E-state index in [1.165, 1.54) is 0 Å². The number of aliphatic hydroxyl groups excluding tert-OH is 1. The van der Waals surface area contributed by atoms with Crippen LogP contribution in [0.25, 0.3) is 0 Å². The van der Waals surface area contributed by atoms with E-state index < -0.39 is 17.5 Å². The Morgan fingerprint density at radius 2 is 1.73 bits per heavy atom. The Balaban J connectivity index is 2.42. The predicted molar refractivity (Wildman–Crippen MR) is 84.2 cm³/mol. The SMILES string of the molecule is CCCCOC1(CCCC)C(=O)c2ccccc2C(=O)C1O. The minimum Gasteiger partial charge on any atom is -0.381 e. The third-order valence-corrected chi connectivity index (χ3v) is 4.27. The Bertz CT molecular complexity index is 552. The second-order valence-corrected chi connectivity index (χ2v) is 5.84. The minimum atomic E-state index is -1.42. The second-order valence-electron chi connectivity index (χ2n) is 5.84. The first kappa shape index (κ1) is 16.8. The Labute approximate surface area is 131 Å². The van der Waals surface area contributed by atoms with Crippen molar-refractivity contribution in [2.45, 2.75) is 57.7 Å². The molecule has 4 heteroatoms. The van der Waals surface area contributed by atoms with Gasteiger partial charge in [-0.25, -0.2) is 0 Å². The number of hydrogen-bond acceptors (Lipinski definition) is 4. The van der Waals surface area contributed by atoms with Gasteiger partial charge in [0.2, 0.25) is 0 Å². The molecule has 0 aromatic heterocycles. The molecular formula is C18H24O4. The van der Waals surface area contributed by atoms with E-state index in [2.05, 4.69) is 0 Å². The molecule has 2 rings (SSSR count). The van der Waals surface area contributed by atoms with Gasteiger partial charge in [-0.15, -0.1) is 0 Å². The Morgan fingerprint density at radius 1 is 1.09 bits per heavy atom. The number of aliphatic hydroxyl groups is 1. The molecule has 0 saturated carbocycles. The molecule has 1 aromatic rings. The lowest BCUT2D eigenvalue weighted by molar-refractivity contribution is -0.0908. The van der Waals surface area contributed by atoms with Gasteiger partial charge in [0, 0.05) is 17.7 Å². The van der Waals surface area contributed by atoms with E-state index in [1.54, 1.807) is 24.3 Å². The van der Waals surface area contributed by atoms with Crippen molar-refractivity contribution in [3.8, 4) is 0 Å². The molecule has 0 amide bonds. The van der Waals surface area contributed by atoms with Gasteiger partial charge in [0.05, 0.1) is 0 Å². The number of Topliss-reactive ketones (excluding diaryl/α,β-unsaturated/α-hetero) is 2. The summed E-state index contributed by atoms with van der Waals surface area (Å²) in [6, 6.07) is 6.67. The highest BCUT2D eigenvalue weighted by molar-refractivity contribution is 6.20. The van der Waals surface area contributed by atoms with Crippen molar-refractivity contribution in [1.82, 2.24) is 0 Å². The van der Waals surface area contributed by atoms with E-state index in [1.807, 2.05) is 13.8 Å². The first-order chi connectivity index (χ1) is 10.6. The summed E-state index contributed by atoms with van der Waals surface area (Å²) in [5.74, 6) is -0.678. The summed E-state index contributed by atoms with van der Waals surface area (Å²) in [4.78, 5) is 25.4. The Hall–Kier alpha value is -1.52. The lowest BCUT2D eigenvalue weighted by Crippen LogP contribution is -2.58. The van der Waals surface area contributed by atoms with E-state index in [0.717, 1.165) is 25.7 Å². The van der Waals surface area contributed by atoms with Crippen LogP contribution in [0.2, 0.25) is 0 Å². The van der Waals surface area contributed by atoms with Crippen LogP contribution in [-0.2, 0) is 4.74 Å². The highest BCUT2D eigenvalue weighted by Crippen LogP contribution is 2.36. The fraction of sp³-hybridized carbons (Fsp3) is 0.556. The molecule has 1 aromatic carbocycles. The van der Waals surface area contributed by atoms with E-state index in [4.69, 9.17) is 4.74 Å². The number of fused-ring (bicyclic) bond motifs is 1.